The lowest BCUT2D eigenvalue weighted by Gasteiger charge is -2.11. The topological polar surface area (TPSA) is 58.2 Å². The molecule has 0 fully saturated rings. The number of anilines is 2. The van der Waals surface area contributed by atoms with E-state index in [4.69, 9.17) is 23.2 Å². The Kier molecular flexibility index (Phi) is 6.29. The van der Waals surface area contributed by atoms with Crippen molar-refractivity contribution in [1.29, 1.82) is 0 Å². The van der Waals surface area contributed by atoms with Crippen molar-refractivity contribution in [1.82, 2.24) is 0 Å². The fourth-order valence-corrected chi connectivity index (χ4v) is 3.28. The highest BCUT2D eigenvalue weighted by atomic mass is 35.5. The molecule has 4 nitrogen and oxygen atoms in total. The molecule has 7 heteroatoms. The van der Waals surface area contributed by atoms with E-state index in [1.165, 1.54) is 17.4 Å². The Morgan fingerprint density at radius 1 is 0.778 bits per heavy atom. The molecule has 3 rings (SSSR count). The molecule has 136 valence electrons. The van der Waals surface area contributed by atoms with Gasteiger partial charge in [-0.15, -0.1) is 11.3 Å². The van der Waals surface area contributed by atoms with E-state index >= 15 is 0 Å². The van der Waals surface area contributed by atoms with Gasteiger partial charge in [-0.1, -0.05) is 53.5 Å². The molecule has 0 radical (unpaired) electrons. The molecule has 2 amide bonds. The Hall–Kier alpha value is -2.60. The largest absolute Gasteiger partial charge is 0.320 e. The molecule has 0 aliphatic carbocycles. The van der Waals surface area contributed by atoms with Gasteiger partial charge in [0.15, 0.2) is 0 Å². The maximum absolute atomic E-state index is 12.8. The number of hydrogen-bond donors (Lipinski definition) is 2. The minimum absolute atomic E-state index is 0.0581. The fourth-order valence-electron chi connectivity index (χ4n) is 2.25. The Labute approximate surface area is 170 Å². The number of halogens is 2. The number of para-hydroxylation sites is 2. The normalized spacial score (nSPS) is 10.1. The molecule has 0 saturated heterocycles. The Balaban J connectivity index is 1.89. The molecule has 0 unspecified atom stereocenters. The van der Waals surface area contributed by atoms with Crippen LogP contribution >= 0.6 is 34.5 Å². The summed E-state index contributed by atoms with van der Waals surface area (Å²) in [5.74, 6) is -1.14. The highest BCUT2D eigenvalue weighted by Crippen LogP contribution is 2.24. The van der Waals surface area contributed by atoms with Crippen LogP contribution in [0.2, 0.25) is 10.0 Å². The van der Waals surface area contributed by atoms with Crippen molar-refractivity contribution >= 4 is 63.8 Å². The van der Waals surface area contributed by atoms with Crippen molar-refractivity contribution in [3.8, 4) is 0 Å². The third kappa shape index (κ3) is 4.98. The van der Waals surface area contributed by atoms with E-state index in [0.717, 1.165) is 4.88 Å². The summed E-state index contributed by atoms with van der Waals surface area (Å²) >= 11 is 13.6. The lowest BCUT2D eigenvalue weighted by atomic mass is 10.1. The average molecular weight is 417 g/mol. The number of hydrogen-bond acceptors (Lipinski definition) is 3. The standard InChI is InChI=1S/C20H14Cl2N2O2S/c21-15-7-1-3-9-17(15)23-19(25)14(12-13-6-5-11-27-13)20(26)24-18-10-4-2-8-16(18)22/h1-12H,(H,23,25)(H,24,26). The van der Waals surface area contributed by atoms with Gasteiger partial charge < -0.3 is 10.6 Å². The predicted octanol–water partition coefficient (Wildman–Crippen LogP) is 5.72. The van der Waals surface area contributed by atoms with Crippen LogP contribution in [0.4, 0.5) is 11.4 Å². The smallest absolute Gasteiger partial charge is 0.261 e. The third-order valence-electron chi connectivity index (χ3n) is 3.56. The van der Waals surface area contributed by atoms with Gasteiger partial charge in [-0.05, 0) is 41.8 Å². The van der Waals surface area contributed by atoms with Crippen LogP contribution in [0.3, 0.4) is 0 Å². The molecule has 1 aromatic heterocycles. The number of carbonyl (C=O) groups is 2. The first kappa shape index (κ1) is 19.2. The molecule has 0 atom stereocenters. The molecule has 0 aliphatic heterocycles. The second kappa shape index (κ2) is 8.86. The molecule has 2 N–H and O–H groups in total. The Morgan fingerprint density at radius 2 is 1.30 bits per heavy atom. The summed E-state index contributed by atoms with van der Waals surface area (Å²) in [6.45, 7) is 0. The Bertz CT molecular complexity index is 939. The van der Waals surface area contributed by atoms with Crippen LogP contribution in [0.5, 0.6) is 0 Å². The van der Waals surface area contributed by atoms with E-state index < -0.39 is 11.8 Å². The lowest BCUT2D eigenvalue weighted by Crippen LogP contribution is -2.25. The molecule has 2 aromatic carbocycles. The summed E-state index contributed by atoms with van der Waals surface area (Å²) in [7, 11) is 0. The van der Waals surface area contributed by atoms with Crippen LogP contribution in [0.25, 0.3) is 6.08 Å². The average Bonchev–Trinajstić information content (AvgIpc) is 3.16. The molecule has 1 heterocycles. The monoisotopic (exact) mass is 416 g/mol. The quantitative estimate of drug-likeness (QED) is 0.317. The Morgan fingerprint density at radius 3 is 1.74 bits per heavy atom. The van der Waals surface area contributed by atoms with Gasteiger partial charge in [0.1, 0.15) is 5.57 Å². The number of thiophene rings is 1. The fraction of sp³-hybridized carbons (Fsp3) is 0. The van der Waals surface area contributed by atoms with Crippen molar-refractivity contribution in [2.45, 2.75) is 0 Å². The zero-order valence-corrected chi connectivity index (χ0v) is 16.2. The predicted molar refractivity (Wildman–Crippen MR) is 112 cm³/mol. The molecule has 3 aromatic rings. The zero-order valence-electron chi connectivity index (χ0n) is 13.9. The van der Waals surface area contributed by atoms with E-state index in [2.05, 4.69) is 10.6 Å². The van der Waals surface area contributed by atoms with Crippen LogP contribution in [0, 0.1) is 0 Å². The first-order valence-corrected chi connectivity index (χ1v) is 9.55. The van der Waals surface area contributed by atoms with Gasteiger partial charge in [0.2, 0.25) is 0 Å². The molecular formula is C20H14Cl2N2O2S. The number of nitrogens with one attached hydrogen (secondary N) is 2. The van der Waals surface area contributed by atoms with E-state index in [-0.39, 0.29) is 5.57 Å². The van der Waals surface area contributed by atoms with Crippen LogP contribution in [-0.2, 0) is 9.59 Å². The summed E-state index contributed by atoms with van der Waals surface area (Å²) in [6, 6.07) is 17.3. The number of amides is 2. The van der Waals surface area contributed by atoms with Gasteiger partial charge in [0.25, 0.3) is 11.8 Å². The van der Waals surface area contributed by atoms with Gasteiger partial charge in [0.05, 0.1) is 21.4 Å². The lowest BCUT2D eigenvalue weighted by molar-refractivity contribution is -0.118. The van der Waals surface area contributed by atoms with Gasteiger partial charge in [-0.2, -0.15) is 0 Å². The maximum atomic E-state index is 12.8. The summed E-state index contributed by atoms with van der Waals surface area (Å²) in [5.41, 5.74) is 0.788. The van der Waals surface area contributed by atoms with Gasteiger partial charge in [0, 0.05) is 4.88 Å². The van der Waals surface area contributed by atoms with Gasteiger partial charge in [-0.3, -0.25) is 9.59 Å². The minimum atomic E-state index is -0.568. The molecule has 0 bridgehead atoms. The van der Waals surface area contributed by atoms with Crippen LogP contribution in [0.1, 0.15) is 4.88 Å². The first-order chi connectivity index (χ1) is 13.0. The summed E-state index contributed by atoms with van der Waals surface area (Å²) in [4.78, 5) is 26.3. The SMILES string of the molecule is O=C(Nc1ccccc1Cl)C(=Cc1cccs1)C(=O)Nc1ccccc1Cl. The molecule has 0 aliphatic rings. The number of rotatable bonds is 5. The van der Waals surface area contributed by atoms with Gasteiger partial charge in [-0.25, -0.2) is 0 Å². The second-order valence-corrected chi connectivity index (χ2v) is 7.24. The zero-order chi connectivity index (χ0) is 19.2. The van der Waals surface area contributed by atoms with E-state index in [9.17, 15) is 9.59 Å². The van der Waals surface area contributed by atoms with E-state index in [0.29, 0.717) is 21.4 Å². The molecular weight excluding hydrogens is 403 g/mol. The number of carbonyl (C=O) groups excluding carboxylic acids is 2. The van der Waals surface area contributed by atoms with Gasteiger partial charge >= 0.3 is 0 Å². The maximum Gasteiger partial charge on any atom is 0.261 e. The number of benzene rings is 2. The van der Waals surface area contributed by atoms with Crippen LogP contribution < -0.4 is 10.6 Å². The summed E-state index contributed by atoms with van der Waals surface area (Å²) < 4.78 is 0. The minimum Gasteiger partial charge on any atom is -0.320 e. The first-order valence-electron chi connectivity index (χ1n) is 7.91. The third-order valence-corrected chi connectivity index (χ3v) is 5.04. The van der Waals surface area contributed by atoms with Crippen molar-refractivity contribution in [3.63, 3.8) is 0 Å². The van der Waals surface area contributed by atoms with Crippen LogP contribution in [-0.4, -0.2) is 11.8 Å². The highest BCUT2D eigenvalue weighted by molar-refractivity contribution is 7.10. The van der Waals surface area contributed by atoms with Crippen molar-refractivity contribution in [2.75, 3.05) is 10.6 Å². The van der Waals surface area contributed by atoms with E-state index in [1.807, 2.05) is 17.5 Å². The second-order valence-electron chi connectivity index (χ2n) is 5.44. The molecule has 27 heavy (non-hydrogen) atoms. The summed E-state index contributed by atoms with van der Waals surface area (Å²) in [5, 5.41) is 7.98. The van der Waals surface area contributed by atoms with E-state index in [1.54, 1.807) is 48.5 Å². The molecule has 0 saturated carbocycles. The summed E-state index contributed by atoms with van der Waals surface area (Å²) in [6.07, 6.45) is 1.53. The van der Waals surface area contributed by atoms with Crippen molar-refractivity contribution < 1.29 is 9.59 Å². The highest BCUT2D eigenvalue weighted by Gasteiger charge is 2.20. The molecule has 0 spiro atoms. The van der Waals surface area contributed by atoms with Crippen molar-refractivity contribution in [2.24, 2.45) is 0 Å². The van der Waals surface area contributed by atoms with Crippen LogP contribution in [0.15, 0.2) is 71.6 Å². The van der Waals surface area contributed by atoms with Crippen molar-refractivity contribution in [3.05, 3.63) is 86.5 Å².